The largest absolute Gasteiger partial charge is 0.317 e. The molecule has 0 aromatic heterocycles. The van der Waals surface area contributed by atoms with Crippen LogP contribution in [-0.4, -0.2) is 13.1 Å². The van der Waals surface area contributed by atoms with Gasteiger partial charge >= 0.3 is 0 Å². The Balaban J connectivity index is 2.60. The predicted octanol–water partition coefficient (Wildman–Crippen LogP) is 3.13. The summed E-state index contributed by atoms with van der Waals surface area (Å²) in [7, 11) is 2.00. The van der Waals surface area contributed by atoms with E-state index in [2.05, 4.69) is 25.2 Å². The average Bonchev–Trinajstić information content (AvgIpc) is 2.16. The molecular formula is C12H18ClN. The minimum absolute atomic E-state index is 0.536. The molecular weight excluding hydrogens is 194 g/mol. The molecule has 0 spiro atoms. The van der Waals surface area contributed by atoms with Crippen LogP contribution in [0.4, 0.5) is 0 Å². The highest BCUT2D eigenvalue weighted by Gasteiger charge is 2.10. The van der Waals surface area contributed by atoms with E-state index in [4.69, 9.17) is 11.6 Å². The van der Waals surface area contributed by atoms with Crippen LogP contribution in [0, 0.1) is 5.92 Å². The summed E-state index contributed by atoms with van der Waals surface area (Å²) >= 11 is 5.93. The van der Waals surface area contributed by atoms with E-state index < -0.39 is 0 Å². The van der Waals surface area contributed by atoms with Crippen LogP contribution in [0.3, 0.4) is 0 Å². The summed E-state index contributed by atoms with van der Waals surface area (Å²) in [5.41, 5.74) is 1.31. The summed E-state index contributed by atoms with van der Waals surface area (Å²) < 4.78 is 0. The Labute approximate surface area is 91.5 Å². The van der Waals surface area contributed by atoms with Crippen LogP contribution in [0.25, 0.3) is 0 Å². The van der Waals surface area contributed by atoms with Gasteiger partial charge in [0.05, 0.1) is 0 Å². The molecule has 1 nitrogen and oxygen atoms in total. The van der Waals surface area contributed by atoms with Crippen molar-refractivity contribution in [3.8, 4) is 0 Å². The van der Waals surface area contributed by atoms with Crippen LogP contribution in [0.1, 0.15) is 19.4 Å². The second kappa shape index (κ2) is 5.38. The van der Waals surface area contributed by atoms with E-state index >= 15 is 0 Å². The van der Waals surface area contributed by atoms with Crippen LogP contribution < -0.4 is 5.32 Å². The number of hydrogen-bond acceptors (Lipinski definition) is 1. The minimum Gasteiger partial charge on any atom is -0.317 e. The third-order valence-corrected chi connectivity index (χ3v) is 2.99. The molecule has 2 atom stereocenters. The van der Waals surface area contributed by atoms with E-state index in [1.165, 1.54) is 5.56 Å². The zero-order valence-corrected chi connectivity index (χ0v) is 9.81. The average molecular weight is 212 g/mol. The fourth-order valence-corrected chi connectivity index (χ4v) is 1.71. The van der Waals surface area contributed by atoms with Gasteiger partial charge in [-0.3, -0.25) is 0 Å². The highest BCUT2D eigenvalue weighted by molar-refractivity contribution is 6.30. The van der Waals surface area contributed by atoms with E-state index in [0.717, 1.165) is 11.4 Å². The molecule has 1 aromatic carbocycles. The molecule has 1 N–H and O–H groups in total. The number of benzene rings is 1. The van der Waals surface area contributed by atoms with Crippen molar-refractivity contribution < 1.29 is 0 Å². The molecule has 0 aliphatic carbocycles. The first-order chi connectivity index (χ1) is 6.63. The van der Waals surface area contributed by atoms with E-state index in [1.807, 2.05) is 25.2 Å². The van der Waals surface area contributed by atoms with E-state index in [9.17, 15) is 0 Å². The van der Waals surface area contributed by atoms with Gasteiger partial charge in [-0.15, -0.1) is 0 Å². The van der Waals surface area contributed by atoms with Gasteiger partial charge in [-0.25, -0.2) is 0 Å². The molecule has 1 aromatic rings. The molecule has 0 saturated heterocycles. The lowest BCUT2D eigenvalue weighted by molar-refractivity contribution is 0.424. The highest BCUT2D eigenvalue weighted by Crippen LogP contribution is 2.16. The Morgan fingerprint density at radius 3 is 2.64 bits per heavy atom. The second-order valence-electron chi connectivity index (χ2n) is 3.89. The first kappa shape index (κ1) is 11.5. The summed E-state index contributed by atoms with van der Waals surface area (Å²) in [6.07, 6.45) is 1.07. The molecule has 1 rings (SSSR count). The summed E-state index contributed by atoms with van der Waals surface area (Å²) in [4.78, 5) is 0. The second-order valence-corrected chi connectivity index (χ2v) is 4.33. The molecule has 2 heteroatoms. The molecule has 0 bridgehead atoms. The Morgan fingerprint density at radius 1 is 1.36 bits per heavy atom. The number of rotatable bonds is 4. The third-order valence-electron chi connectivity index (χ3n) is 2.76. The number of nitrogens with one attached hydrogen (secondary N) is 1. The van der Waals surface area contributed by atoms with E-state index in [-0.39, 0.29) is 0 Å². The summed E-state index contributed by atoms with van der Waals surface area (Å²) in [6, 6.07) is 8.63. The van der Waals surface area contributed by atoms with Crippen LogP contribution in [0.2, 0.25) is 5.02 Å². The van der Waals surface area contributed by atoms with E-state index in [0.29, 0.717) is 12.0 Å². The molecule has 78 valence electrons. The Bertz CT molecular complexity index is 285. The topological polar surface area (TPSA) is 12.0 Å². The zero-order valence-electron chi connectivity index (χ0n) is 9.05. The van der Waals surface area contributed by atoms with Gasteiger partial charge in [0.25, 0.3) is 0 Å². The predicted molar refractivity (Wildman–Crippen MR) is 62.8 cm³/mol. The maximum absolute atomic E-state index is 5.93. The monoisotopic (exact) mass is 211 g/mol. The maximum atomic E-state index is 5.93. The minimum atomic E-state index is 0.536. The molecule has 0 aliphatic rings. The Hall–Kier alpha value is -0.530. The third kappa shape index (κ3) is 3.32. The molecule has 0 fully saturated rings. The summed E-state index contributed by atoms with van der Waals surface area (Å²) in [5.74, 6) is 0.624. The Kier molecular flexibility index (Phi) is 4.43. The fraction of sp³-hybridized carbons (Fsp3) is 0.500. The first-order valence-electron chi connectivity index (χ1n) is 5.05. The van der Waals surface area contributed by atoms with Crippen molar-refractivity contribution in [3.63, 3.8) is 0 Å². The van der Waals surface area contributed by atoms with Crippen molar-refractivity contribution in [1.29, 1.82) is 0 Å². The molecule has 14 heavy (non-hydrogen) atoms. The van der Waals surface area contributed by atoms with Gasteiger partial charge in [-0.05, 0) is 44.0 Å². The van der Waals surface area contributed by atoms with Crippen LogP contribution in [0.15, 0.2) is 24.3 Å². The summed E-state index contributed by atoms with van der Waals surface area (Å²) in [5, 5.41) is 4.09. The molecule has 0 amide bonds. The zero-order chi connectivity index (χ0) is 10.6. The van der Waals surface area contributed by atoms with Gasteiger partial charge in [0.1, 0.15) is 0 Å². The van der Waals surface area contributed by atoms with Crippen molar-refractivity contribution in [2.24, 2.45) is 5.92 Å². The van der Waals surface area contributed by atoms with Crippen LogP contribution >= 0.6 is 11.6 Å². The standard InChI is InChI=1S/C12H18ClN/c1-9(10(2)14-3)7-11-5-4-6-12(13)8-11/h4-6,8-10,14H,7H2,1-3H3. The highest BCUT2D eigenvalue weighted by atomic mass is 35.5. The molecule has 2 unspecified atom stereocenters. The fourth-order valence-electron chi connectivity index (χ4n) is 1.50. The molecule has 0 heterocycles. The van der Waals surface area contributed by atoms with Gasteiger partial charge < -0.3 is 5.32 Å². The van der Waals surface area contributed by atoms with Gasteiger partial charge in [-0.2, -0.15) is 0 Å². The lowest BCUT2D eigenvalue weighted by Gasteiger charge is -2.19. The van der Waals surface area contributed by atoms with Crippen molar-refractivity contribution in [2.75, 3.05) is 7.05 Å². The van der Waals surface area contributed by atoms with Crippen molar-refractivity contribution >= 4 is 11.6 Å². The summed E-state index contributed by atoms with van der Waals surface area (Å²) in [6.45, 7) is 4.46. The molecule has 0 radical (unpaired) electrons. The van der Waals surface area contributed by atoms with Crippen LogP contribution in [-0.2, 0) is 6.42 Å². The van der Waals surface area contributed by atoms with Crippen molar-refractivity contribution in [3.05, 3.63) is 34.9 Å². The molecule has 0 saturated carbocycles. The quantitative estimate of drug-likeness (QED) is 0.807. The van der Waals surface area contributed by atoms with Gasteiger partial charge in [-0.1, -0.05) is 30.7 Å². The van der Waals surface area contributed by atoms with Crippen molar-refractivity contribution in [2.45, 2.75) is 26.3 Å². The van der Waals surface area contributed by atoms with Gasteiger partial charge in [0.15, 0.2) is 0 Å². The lowest BCUT2D eigenvalue weighted by Crippen LogP contribution is -2.29. The van der Waals surface area contributed by atoms with E-state index in [1.54, 1.807) is 0 Å². The Morgan fingerprint density at radius 2 is 2.07 bits per heavy atom. The number of hydrogen-bond donors (Lipinski definition) is 1. The molecule has 0 aliphatic heterocycles. The maximum Gasteiger partial charge on any atom is 0.0408 e. The SMILES string of the molecule is CNC(C)C(C)Cc1cccc(Cl)c1. The lowest BCUT2D eigenvalue weighted by atomic mass is 9.95. The van der Waals surface area contributed by atoms with Crippen molar-refractivity contribution in [1.82, 2.24) is 5.32 Å². The first-order valence-corrected chi connectivity index (χ1v) is 5.43. The normalized spacial score (nSPS) is 15.1. The smallest absolute Gasteiger partial charge is 0.0408 e. The number of halogens is 1. The van der Waals surface area contributed by atoms with Gasteiger partial charge in [0, 0.05) is 11.1 Å². The van der Waals surface area contributed by atoms with Crippen LogP contribution in [0.5, 0.6) is 0 Å². The van der Waals surface area contributed by atoms with Gasteiger partial charge in [0.2, 0.25) is 0 Å².